The maximum Gasteiger partial charge on any atom is 0.264 e. The summed E-state index contributed by atoms with van der Waals surface area (Å²) in [7, 11) is -4.17. The van der Waals surface area contributed by atoms with E-state index in [2.05, 4.69) is 5.32 Å². The zero-order valence-corrected chi connectivity index (χ0v) is 28.5. The van der Waals surface area contributed by atoms with Gasteiger partial charge in [0.05, 0.1) is 10.6 Å². The van der Waals surface area contributed by atoms with E-state index in [-0.39, 0.29) is 29.7 Å². The van der Waals surface area contributed by atoms with Gasteiger partial charge in [0, 0.05) is 29.6 Å². The van der Waals surface area contributed by atoms with E-state index in [9.17, 15) is 18.0 Å². The average molecular weight is 681 g/mol. The van der Waals surface area contributed by atoms with E-state index in [0.717, 1.165) is 21.9 Å². The zero-order chi connectivity index (χ0) is 33.3. The second kappa shape index (κ2) is 16.1. The van der Waals surface area contributed by atoms with E-state index in [1.807, 2.05) is 63.2 Å². The van der Waals surface area contributed by atoms with E-state index in [0.29, 0.717) is 27.8 Å². The van der Waals surface area contributed by atoms with Crippen molar-refractivity contribution in [2.24, 2.45) is 5.92 Å². The SMILES string of the molecule is CCc1ccc(N(CC(=O)N(Cc2ccc(Cl)cc2Cl)[C@H](Cc2ccccc2)C(=O)NCC(C)C)S(=O)(=O)c2ccccc2)cc1. The molecule has 242 valence electrons. The number of amides is 2. The van der Waals surface area contributed by atoms with Crippen LogP contribution in [0.1, 0.15) is 37.5 Å². The molecule has 0 fully saturated rings. The van der Waals surface area contributed by atoms with Crippen molar-refractivity contribution >= 4 is 50.7 Å². The number of carbonyl (C=O) groups excluding carboxylic acids is 2. The molecule has 0 saturated heterocycles. The Bertz CT molecular complexity index is 1720. The van der Waals surface area contributed by atoms with E-state index >= 15 is 0 Å². The Morgan fingerprint density at radius 1 is 0.826 bits per heavy atom. The lowest BCUT2D eigenvalue weighted by Gasteiger charge is -2.34. The fourth-order valence-electron chi connectivity index (χ4n) is 4.96. The number of rotatable bonds is 14. The number of benzene rings is 4. The standard InChI is InChI=1S/C36H39Cl2N3O4S/c1-4-27-15-19-31(20-16-27)41(46(44,45)32-13-9-6-10-14-32)25-35(42)40(24-29-17-18-30(37)22-33(29)38)34(36(43)39-23-26(2)3)21-28-11-7-5-8-12-28/h5-20,22,26,34H,4,21,23-25H2,1-3H3,(H,39,43)/t34-/m1/s1. The maximum atomic E-state index is 14.6. The van der Waals surface area contributed by atoms with Crippen molar-refractivity contribution in [2.45, 2.75) is 51.1 Å². The zero-order valence-electron chi connectivity index (χ0n) is 26.2. The predicted octanol–water partition coefficient (Wildman–Crippen LogP) is 7.16. The van der Waals surface area contributed by atoms with Gasteiger partial charge in [-0.25, -0.2) is 8.42 Å². The monoisotopic (exact) mass is 679 g/mol. The Labute approximate surface area is 282 Å². The van der Waals surface area contributed by atoms with E-state index in [1.54, 1.807) is 48.5 Å². The van der Waals surface area contributed by atoms with E-state index in [4.69, 9.17) is 23.2 Å². The summed E-state index contributed by atoms with van der Waals surface area (Å²) in [5.41, 5.74) is 2.77. The quantitative estimate of drug-likeness (QED) is 0.153. The molecule has 4 aromatic rings. The lowest BCUT2D eigenvalue weighted by molar-refractivity contribution is -0.140. The minimum atomic E-state index is -4.17. The number of sulfonamides is 1. The van der Waals surface area contributed by atoms with Crippen LogP contribution in [0.15, 0.2) is 108 Å². The first-order valence-electron chi connectivity index (χ1n) is 15.2. The molecule has 2 amide bonds. The molecule has 1 N–H and O–H groups in total. The molecule has 10 heteroatoms. The van der Waals surface area contributed by atoms with Gasteiger partial charge in [-0.1, -0.05) is 111 Å². The maximum absolute atomic E-state index is 14.6. The normalized spacial score (nSPS) is 12.0. The van der Waals surface area contributed by atoms with Crippen LogP contribution in [0.2, 0.25) is 10.0 Å². The van der Waals surface area contributed by atoms with Gasteiger partial charge in [0.25, 0.3) is 10.0 Å². The number of halogens is 2. The summed E-state index contributed by atoms with van der Waals surface area (Å²) in [5.74, 6) is -0.736. The summed E-state index contributed by atoms with van der Waals surface area (Å²) < 4.78 is 29.3. The minimum Gasteiger partial charge on any atom is -0.354 e. The molecule has 0 radical (unpaired) electrons. The van der Waals surface area contributed by atoms with Crippen molar-refractivity contribution in [1.29, 1.82) is 0 Å². The van der Waals surface area contributed by atoms with Crippen LogP contribution >= 0.6 is 23.2 Å². The largest absolute Gasteiger partial charge is 0.354 e. The second-order valence-electron chi connectivity index (χ2n) is 11.4. The molecular weight excluding hydrogens is 641 g/mol. The van der Waals surface area contributed by atoms with Gasteiger partial charge in [0.2, 0.25) is 11.8 Å². The van der Waals surface area contributed by atoms with Crippen LogP contribution in [0.4, 0.5) is 5.69 Å². The lowest BCUT2D eigenvalue weighted by Crippen LogP contribution is -2.53. The van der Waals surface area contributed by atoms with Crippen molar-refractivity contribution in [1.82, 2.24) is 10.2 Å². The molecular formula is C36H39Cl2N3O4S. The molecule has 1 atom stereocenters. The number of hydrogen-bond donors (Lipinski definition) is 1. The Kier molecular flexibility index (Phi) is 12.3. The Morgan fingerprint density at radius 3 is 2.04 bits per heavy atom. The van der Waals surface area contributed by atoms with Gasteiger partial charge < -0.3 is 10.2 Å². The third-order valence-electron chi connectivity index (χ3n) is 7.55. The van der Waals surface area contributed by atoms with Crippen molar-refractivity contribution in [3.8, 4) is 0 Å². The van der Waals surface area contributed by atoms with Crippen LogP contribution in [0.5, 0.6) is 0 Å². The molecule has 0 unspecified atom stereocenters. The summed E-state index contributed by atoms with van der Waals surface area (Å²) in [6, 6.07) is 28.5. The molecule has 0 bridgehead atoms. The van der Waals surface area contributed by atoms with Gasteiger partial charge in [0.1, 0.15) is 12.6 Å². The average Bonchev–Trinajstić information content (AvgIpc) is 3.05. The molecule has 4 rings (SSSR count). The summed E-state index contributed by atoms with van der Waals surface area (Å²) in [6.45, 7) is 5.80. The molecule has 0 aliphatic heterocycles. The molecule has 0 aromatic heterocycles. The molecule has 0 aliphatic carbocycles. The Hall–Kier alpha value is -3.85. The van der Waals surface area contributed by atoms with Crippen LogP contribution in [0, 0.1) is 5.92 Å². The molecule has 0 aliphatic rings. The smallest absolute Gasteiger partial charge is 0.264 e. The highest BCUT2D eigenvalue weighted by Gasteiger charge is 2.35. The highest BCUT2D eigenvalue weighted by molar-refractivity contribution is 7.92. The Morgan fingerprint density at radius 2 is 1.46 bits per heavy atom. The van der Waals surface area contributed by atoms with Crippen LogP contribution in [-0.4, -0.2) is 44.3 Å². The van der Waals surface area contributed by atoms with Crippen molar-refractivity contribution in [3.63, 3.8) is 0 Å². The number of aryl methyl sites for hydroxylation is 1. The summed E-state index contributed by atoms with van der Waals surface area (Å²) >= 11 is 12.8. The van der Waals surface area contributed by atoms with Gasteiger partial charge in [-0.15, -0.1) is 0 Å². The second-order valence-corrected chi connectivity index (χ2v) is 14.2. The van der Waals surface area contributed by atoms with E-state index in [1.165, 1.54) is 17.0 Å². The summed E-state index contributed by atoms with van der Waals surface area (Å²) in [5, 5.41) is 3.74. The molecule has 46 heavy (non-hydrogen) atoms. The predicted molar refractivity (Wildman–Crippen MR) is 186 cm³/mol. The van der Waals surface area contributed by atoms with E-state index < -0.39 is 28.5 Å². The van der Waals surface area contributed by atoms with Crippen molar-refractivity contribution in [3.05, 3.63) is 130 Å². The third-order valence-corrected chi connectivity index (χ3v) is 9.93. The van der Waals surface area contributed by atoms with Crippen LogP contribution in [0.25, 0.3) is 0 Å². The first kappa shape index (κ1) is 35.0. The fourth-order valence-corrected chi connectivity index (χ4v) is 6.86. The van der Waals surface area contributed by atoms with Gasteiger partial charge in [0.15, 0.2) is 0 Å². The van der Waals surface area contributed by atoms with Crippen molar-refractivity contribution < 1.29 is 18.0 Å². The fraction of sp³-hybridized carbons (Fsp3) is 0.278. The van der Waals surface area contributed by atoms with Crippen LogP contribution in [0.3, 0.4) is 0 Å². The number of anilines is 1. The lowest BCUT2D eigenvalue weighted by atomic mass is 10.0. The Balaban J connectivity index is 1.81. The number of carbonyl (C=O) groups is 2. The molecule has 4 aromatic carbocycles. The number of nitrogens with one attached hydrogen (secondary N) is 1. The number of nitrogens with zero attached hydrogens (tertiary/aromatic N) is 2. The highest BCUT2D eigenvalue weighted by atomic mass is 35.5. The first-order chi connectivity index (χ1) is 22.0. The van der Waals surface area contributed by atoms with Crippen molar-refractivity contribution in [2.75, 3.05) is 17.4 Å². The first-order valence-corrected chi connectivity index (χ1v) is 17.4. The molecule has 0 saturated carbocycles. The molecule has 0 heterocycles. The van der Waals surface area contributed by atoms with Crippen LogP contribution in [-0.2, 0) is 39.0 Å². The van der Waals surface area contributed by atoms with Gasteiger partial charge >= 0.3 is 0 Å². The molecule has 7 nitrogen and oxygen atoms in total. The third kappa shape index (κ3) is 9.12. The topological polar surface area (TPSA) is 86.8 Å². The number of hydrogen-bond acceptors (Lipinski definition) is 4. The minimum absolute atomic E-state index is 0.0462. The summed E-state index contributed by atoms with van der Waals surface area (Å²) in [6.07, 6.45) is 0.977. The highest BCUT2D eigenvalue weighted by Crippen LogP contribution is 2.27. The molecule has 0 spiro atoms. The van der Waals surface area contributed by atoms with Gasteiger partial charge in [-0.05, 0) is 65.4 Å². The van der Waals surface area contributed by atoms with Gasteiger partial charge in [-0.3, -0.25) is 13.9 Å². The summed E-state index contributed by atoms with van der Waals surface area (Å²) in [4.78, 5) is 29.9. The van der Waals surface area contributed by atoms with Crippen LogP contribution < -0.4 is 9.62 Å². The van der Waals surface area contributed by atoms with Gasteiger partial charge in [-0.2, -0.15) is 0 Å².